The summed E-state index contributed by atoms with van der Waals surface area (Å²) in [7, 11) is -2.31. The molecule has 0 amide bonds. The van der Waals surface area contributed by atoms with Gasteiger partial charge in [0.1, 0.15) is 22.3 Å². The van der Waals surface area contributed by atoms with Crippen LogP contribution in [-0.2, 0) is 15.6 Å². The number of rotatable bonds is 10. The summed E-state index contributed by atoms with van der Waals surface area (Å²) < 4.78 is 33.7. The van der Waals surface area contributed by atoms with Crippen molar-refractivity contribution in [2.45, 2.75) is 29.7 Å². The van der Waals surface area contributed by atoms with Crippen molar-refractivity contribution in [2.75, 3.05) is 7.11 Å². The highest BCUT2D eigenvalue weighted by atomic mass is 35.5. The third-order valence-electron chi connectivity index (χ3n) is 8.02. The van der Waals surface area contributed by atoms with Crippen LogP contribution in [0.2, 0.25) is 5.02 Å². The van der Waals surface area contributed by atoms with Crippen molar-refractivity contribution in [1.29, 1.82) is 0 Å². The maximum absolute atomic E-state index is 13.9. The highest BCUT2D eigenvalue weighted by Crippen LogP contribution is 2.43. The van der Waals surface area contributed by atoms with E-state index in [4.69, 9.17) is 26.5 Å². The van der Waals surface area contributed by atoms with E-state index in [0.29, 0.717) is 32.9 Å². The van der Waals surface area contributed by atoms with Gasteiger partial charge in [-0.15, -0.1) is 0 Å². The molecule has 0 fully saturated rings. The lowest BCUT2D eigenvalue weighted by atomic mass is 9.74. The Hall–Kier alpha value is -4.73. The van der Waals surface area contributed by atoms with Crippen LogP contribution in [0.25, 0.3) is 11.0 Å². The number of carbonyl (C=O) groups is 1. The molecule has 222 valence electrons. The summed E-state index contributed by atoms with van der Waals surface area (Å²) in [5, 5.41) is 10.3. The van der Waals surface area contributed by atoms with Gasteiger partial charge in [0.25, 0.3) is 10.0 Å². The number of carbonyl (C=O) groups excluding carboxylic acids is 1. The largest absolute Gasteiger partial charge is 0.497 e. The molecule has 0 aliphatic heterocycles. The minimum atomic E-state index is -3.88. The normalized spacial score (nSPS) is 13.8. The predicted molar refractivity (Wildman–Crippen MR) is 170 cm³/mol. The molecule has 0 bridgehead atoms. The summed E-state index contributed by atoms with van der Waals surface area (Å²) in [5.74, 6) is 0.00683. The Morgan fingerprint density at radius 1 is 0.864 bits per heavy atom. The minimum Gasteiger partial charge on any atom is -0.497 e. The SMILES string of the molecule is COc1ccc(C(=O)CC(c2ccc(Cl)cc2)C(C)(c2ccn(S(=O)(=O)c3ccccc3)c2)n2nc3ccccc3n2)cc1. The molecule has 2 atom stereocenters. The van der Waals surface area contributed by atoms with Gasteiger partial charge in [0, 0.05) is 40.9 Å². The second-order valence-corrected chi connectivity index (χ2v) is 12.9. The molecule has 0 aliphatic rings. The first kappa shape index (κ1) is 29.3. The van der Waals surface area contributed by atoms with Gasteiger partial charge in [-0.25, -0.2) is 12.4 Å². The zero-order valence-corrected chi connectivity index (χ0v) is 25.6. The Labute approximate surface area is 260 Å². The van der Waals surface area contributed by atoms with Gasteiger partial charge in [-0.05, 0) is 79.2 Å². The molecule has 6 aromatic rings. The molecule has 2 unspecified atom stereocenters. The van der Waals surface area contributed by atoms with Gasteiger partial charge in [0.05, 0.1) is 12.0 Å². The average Bonchev–Trinajstić information content (AvgIpc) is 3.74. The highest BCUT2D eigenvalue weighted by molar-refractivity contribution is 7.90. The zero-order chi connectivity index (χ0) is 30.9. The summed E-state index contributed by atoms with van der Waals surface area (Å²) in [6, 6.07) is 31.8. The molecule has 10 heteroatoms. The molecule has 0 N–H and O–H groups in total. The van der Waals surface area contributed by atoms with E-state index in [-0.39, 0.29) is 17.1 Å². The molecule has 6 rings (SSSR count). The first-order chi connectivity index (χ1) is 21.2. The summed E-state index contributed by atoms with van der Waals surface area (Å²) in [4.78, 5) is 15.7. The lowest BCUT2D eigenvalue weighted by molar-refractivity contribution is 0.0947. The molecule has 4 aromatic carbocycles. The second kappa shape index (κ2) is 11.7. The molecule has 8 nitrogen and oxygen atoms in total. The van der Waals surface area contributed by atoms with Crippen LogP contribution >= 0.6 is 11.6 Å². The minimum absolute atomic E-state index is 0.0684. The summed E-state index contributed by atoms with van der Waals surface area (Å²) in [6.07, 6.45) is 3.17. The standard InChI is InChI=1S/C34H29ClN4O4S/c1-34(39-36-31-10-6-7-11-32(31)37-39,26-20-21-38(23-26)44(41,42)29-8-4-3-5-9-29)30(24-12-16-27(35)17-13-24)22-33(40)25-14-18-28(43-2)19-15-25/h3-21,23,30H,22H2,1-2H3. The van der Waals surface area contributed by atoms with Crippen molar-refractivity contribution in [2.24, 2.45) is 0 Å². The summed E-state index contributed by atoms with van der Waals surface area (Å²) >= 11 is 6.28. The number of aromatic nitrogens is 4. The van der Waals surface area contributed by atoms with Crippen molar-refractivity contribution in [3.05, 3.63) is 143 Å². The van der Waals surface area contributed by atoms with Crippen molar-refractivity contribution in [3.63, 3.8) is 0 Å². The van der Waals surface area contributed by atoms with Gasteiger partial charge in [-0.1, -0.05) is 54.1 Å². The van der Waals surface area contributed by atoms with Crippen molar-refractivity contribution in [3.8, 4) is 5.75 Å². The van der Waals surface area contributed by atoms with Gasteiger partial charge in [-0.2, -0.15) is 15.0 Å². The number of nitrogens with zero attached hydrogens (tertiary/aromatic N) is 4. The van der Waals surface area contributed by atoms with Gasteiger partial charge >= 0.3 is 0 Å². The van der Waals surface area contributed by atoms with Gasteiger partial charge in [0.2, 0.25) is 0 Å². The molecular weight excluding hydrogens is 596 g/mol. The van der Waals surface area contributed by atoms with E-state index >= 15 is 0 Å². The Balaban J connectivity index is 1.53. The zero-order valence-electron chi connectivity index (χ0n) is 24.0. The van der Waals surface area contributed by atoms with Gasteiger partial charge in [-0.3, -0.25) is 4.79 Å². The topological polar surface area (TPSA) is 96.1 Å². The van der Waals surface area contributed by atoms with E-state index in [1.807, 2.05) is 43.3 Å². The molecular formula is C34H29ClN4O4S. The van der Waals surface area contributed by atoms with Gasteiger partial charge in [0.15, 0.2) is 5.78 Å². The van der Waals surface area contributed by atoms with Crippen LogP contribution in [0.4, 0.5) is 0 Å². The third kappa shape index (κ3) is 5.40. The average molecular weight is 625 g/mol. The lowest BCUT2D eigenvalue weighted by Gasteiger charge is -2.37. The van der Waals surface area contributed by atoms with E-state index in [1.54, 1.807) is 90.9 Å². The van der Waals surface area contributed by atoms with E-state index in [0.717, 1.165) is 5.56 Å². The first-order valence-electron chi connectivity index (χ1n) is 13.9. The number of hydrogen-bond donors (Lipinski definition) is 0. The predicted octanol–water partition coefficient (Wildman–Crippen LogP) is 6.95. The van der Waals surface area contributed by atoms with Crippen molar-refractivity contribution in [1.82, 2.24) is 19.0 Å². The number of methoxy groups -OCH3 is 1. The molecule has 0 saturated heterocycles. The van der Waals surface area contributed by atoms with Crippen molar-refractivity contribution < 1.29 is 17.9 Å². The van der Waals surface area contributed by atoms with E-state index < -0.39 is 21.5 Å². The number of ketones is 1. The monoisotopic (exact) mass is 624 g/mol. The van der Waals surface area contributed by atoms with Gasteiger partial charge < -0.3 is 4.74 Å². The molecule has 0 saturated carbocycles. The summed E-state index contributed by atoms with van der Waals surface area (Å²) in [6.45, 7) is 1.93. The summed E-state index contributed by atoms with van der Waals surface area (Å²) in [5.41, 5.74) is 2.18. The number of benzene rings is 4. The maximum atomic E-state index is 13.9. The second-order valence-electron chi connectivity index (χ2n) is 10.6. The number of ether oxygens (including phenoxy) is 1. The first-order valence-corrected chi connectivity index (χ1v) is 15.8. The maximum Gasteiger partial charge on any atom is 0.267 e. The third-order valence-corrected chi connectivity index (χ3v) is 9.93. The smallest absolute Gasteiger partial charge is 0.267 e. The van der Waals surface area contributed by atoms with Crippen LogP contribution < -0.4 is 4.74 Å². The Morgan fingerprint density at radius 2 is 1.48 bits per heavy atom. The lowest BCUT2D eigenvalue weighted by Crippen LogP contribution is -2.41. The van der Waals surface area contributed by atoms with Crippen LogP contribution in [0, 0.1) is 0 Å². The van der Waals surface area contributed by atoms with E-state index in [2.05, 4.69) is 0 Å². The Morgan fingerprint density at radius 3 is 2.09 bits per heavy atom. The highest BCUT2D eigenvalue weighted by Gasteiger charge is 2.43. The molecule has 2 aromatic heterocycles. The van der Waals surface area contributed by atoms with Crippen LogP contribution in [0.5, 0.6) is 5.75 Å². The van der Waals surface area contributed by atoms with Crippen LogP contribution in [0.15, 0.2) is 126 Å². The van der Waals surface area contributed by atoms with Crippen LogP contribution in [0.1, 0.15) is 40.7 Å². The van der Waals surface area contributed by atoms with Crippen molar-refractivity contribution >= 4 is 38.4 Å². The molecule has 0 aliphatic carbocycles. The van der Waals surface area contributed by atoms with Crippen LogP contribution in [-0.4, -0.2) is 40.3 Å². The molecule has 0 radical (unpaired) electrons. The number of fused-ring (bicyclic) bond motifs is 1. The van der Waals surface area contributed by atoms with Crippen LogP contribution in [0.3, 0.4) is 0 Å². The molecule has 44 heavy (non-hydrogen) atoms. The Bertz CT molecular complexity index is 2010. The quantitative estimate of drug-likeness (QED) is 0.153. The number of hydrogen-bond acceptors (Lipinski definition) is 6. The van der Waals surface area contributed by atoms with E-state index in [1.165, 1.54) is 10.2 Å². The fraction of sp³-hybridized carbons (Fsp3) is 0.147. The fourth-order valence-electron chi connectivity index (χ4n) is 5.48. The number of Topliss-reactive ketones (excluding diaryl/α,β-unsaturated/α-hetero) is 1. The molecule has 2 heterocycles. The fourth-order valence-corrected chi connectivity index (χ4v) is 6.82. The Kier molecular flexibility index (Phi) is 7.84. The number of halogens is 1. The van der Waals surface area contributed by atoms with E-state index in [9.17, 15) is 13.2 Å². The molecule has 0 spiro atoms.